The largest absolute Gasteiger partial charge is 0.466 e. The van der Waals surface area contributed by atoms with E-state index in [9.17, 15) is 9.59 Å². The Hall–Kier alpha value is -2.57. The summed E-state index contributed by atoms with van der Waals surface area (Å²) in [5, 5.41) is 0. The second-order valence-corrected chi connectivity index (χ2v) is 4.19. The third kappa shape index (κ3) is 2.71. The summed E-state index contributed by atoms with van der Waals surface area (Å²) in [5.41, 5.74) is 6.19. The van der Waals surface area contributed by atoms with E-state index in [4.69, 9.17) is 14.9 Å². The highest BCUT2D eigenvalue weighted by molar-refractivity contribution is 5.74. The summed E-state index contributed by atoms with van der Waals surface area (Å²) in [5.74, 6) is 0.153. The Balaban J connectivity index is 2.37. The number of ether oxygens (including phenoxy) is 1. The van der Waals surface area contributed by atoms with Gasteiger partial charge < -0.3 is 19.9 Å². The Kier molecular flexibility index (Phi) is 3.88. The van der Waals surface area contributed by atoms with Crippen molar-refractivity contribution in [2.75, 3.05) is 12.3 Å². The van der Waals surface area contributed by atoms with E-state index < -0.39 is 11.5 Å². The summed E-state index contributed by atoms with van der Waals surface area (Å²) < 4.78 is 10.0. The van der Waals surface area contributed by atoms with Gasteiger partial charge >= 0.3 is 5.97 Å². The van der Waals surface area contributed by atoms with E-state index in [2.05, 4.69) is 9.97 Å². The number of carbonyl (C=O) groups excluding carboxylic acids is 1. The summed E-state index contributed by atoms with van der Waals surface area (Å²) in [6, 6.07) is 1.75. The number of aryl methyl sites for hydroxylation is 1. The minimum absolute atomic E-state index is 0.00685. The molecule has 0 aliphatic carbocycles. The molecule has 2 rings (SSSR count). The molecule has 0 bridgehead atoms. The molecule has 0 fully saturated rings. The highest BCUT2D eigenvalue weighted by atomic mass is 16.5. The van der Waals surface area contributed by atoms with E-state index >= 15 is 0 Å². The van der Waals surface area contributed by atoms with Gasteiger partial charge in [0.1, 0.15) is 5.82 Å². The molecule has 20 heavy (non-hydrogen) atoms. The molecule has 0 spiro atoms. The van der Waals surface area contributed by atoms with E-state index in [-0.39, 0.29) is 30.2 Å². The zero-order chi connectivity index (χ0) is 14.7. The molecular formula is C13H15N3O4. The van der Waals surface area contributed by atoms with E-state index in [1.54, 1.807) is 13.0 Å². The number of anilines is 1. The number of carbonyl (C=O) groups is 1. The van der Waals surface area contributed by atoms with E-state index in [1.165, 1.54) is 6.26 Å². The molecule has 2 heterocycles. The molecule has 0 aromatic carbocycles. The Morgan fingerprint density at radius 1 is 1.55 bits per heavy atom. The van der Waals surface area contributed by atoms with Crippen molar-refractivity contribution in [3.63, 3.8) is 0 Å². The lowest BCUT2D eigenvalue weighted by Crippen LogP contribution is -2.22. The van der Waals surface area contributed by atoms with E-state index in [0.717, 1.165) is 5.56 Å². The van der Waals surface area contributed by atoms with Gasteiger partial charge in [0, 0.05) is 0 Å². The van der Waals surface area contributed by atoms with Crippen LogP contribution in [-0.2, 0) is 16.0 Å². The molecule has 0 saturated heterocycles. The van der Waals surface area contributed by atoms with Crippen molar-refractivity contribution >= 4 is 11.8 Å². The van der Waals surface area contributed by atoms with Crippen LogP contribution in [0.25, 0.3) is 11.6 Å². The van der Waals surface area contributed by atoms with Crippen molar-refractivity contribution in [1.29, 1.82) is 0 Å². The number of esters is 1. The minimum atomic E-state index is -0.520. The SMILES string of the molecule is CCOC(=O)Cc1c(N)nc(-c2occc2C)[nH]c1=O. The van der Waals surface area contributed by atoms with Crippen LogP contribution in [0.1, 0.15) is 18.1 Å². The lowest BCUT2D eigenvalue weighted by atomic mass is 10.2. The molecule has 0 radical (unpaired) electrons. The lowest BCUT2D eigenvalue weighted by Gasteiger charge is -2.06. The highest BCUT2D eigenvalue weighted by Crippen LogP contribution is 2.20. The normalized spacial score (nSPS) is 10.5. The predicted octanol–water partition coefficient (Wildman–Crippen LogP) is 1.03. The number of nitrogens with zero attached hydrogens (tertiary/aromatic N) is 1. The third-order valence-electron chi connectivity index (χ3n) is 2.75. The highest BCUT2D eigenvalue weighted by Gasteiger charge is 2.16. The first-order valence-electron chi connectivity index (χ1n) is 6.11. The summed E-state index contributed by atoms with van der Waals surface area (Å²) in [6.07, 6.45) is 1.28. The molecule has 0 saturated carbocycles. The van der Waals surface area contributed by atoms with Gasteiger partial charge in [-0.3, -0.25) is 9.59 Å². The number of H-pyrrole nitrogens is 1. The van der Waals surface area contributed by atoms with Crippen molar-refractivity contribution in [2.24, 2.45) is 0 Å². The number of aromatic amines is 1. The maximum absolute atomic E-state index is 12.0. The molecule has 2 aromatic rings. The Morgan fingerprint density at radius 2 is 2.30 bits per heavy atom. The first-order chi connectivity index (χ1) is 9.52. The fourth-order valence-corrected chi connectivity index (χ4v) is 1.77. The van der Waals surface area contributed by atoms with E-state index in [0.29, 0.717) is 5.76 Å². The van der Waals surface area contributed by atoms with Gasteiger partial charge in [0.05, 0.1) is 24.9 Å². The van der Waals surface area contributed by atoms with Gasteiger partial charge in [0.2, 0.25) is 0 Å². The molecule has 3 N–H and O–H groups in total. The van der Waals surface area contributed by atoms with Crippen LogP contribution < -0.4 is 11.3 Å². The van der Waals surface area contributed by atoms with Gasteiger partial charge in [-0.15, -0.1) is 0 Å². The van der Waals surface area contributed by atoms with Gasteiger partial charge in [0.15, 0.2) is 11.6 Å². The first-order valence-corrected chi connectivity index (χ1v) is 6.11. The first kappa shape index (κ1) is 13.9. The van der Waals surface area contributed by atoms with Crippen LogP contribution in [0.3, 0.4) is 0 Å². The molecule has 7 heteroatoms. The Morgan fingerprint density at radius 3 is 2.85 bits per heavy atom. The summed E-state index contributed by atoms with van der Waals surface area (Å²) in [4.78, 5) is 30.0. The van der Waals surface area contributed by atoms with E-state index in [1.807, 2.05) is 6.92 Å². The van der Waals surface area contributed by atoms with Crippen molar-refractivity contribution in [3.8, 4) is 11.6 Å². The second kappa shape index (κ2) is 5.60. The van der Waals surface area contributed by atoms with Crippen molar-refractivity contribution in [3.05, 3.63) is 33.8 Å². The van der Waals surface area contributed by atoms with Gasteiger partial charge in [-0.05, 0) is 25.5 Å². The maximum Gasteiger partial charge on any atom is 0.310 e. The molecular weight excluding hydrogens is 262 g/mol. The minimum Gasteiger partial charge on any atom is -0.466 e. The van der Waals surface area contributed by atoms with Crippen LogP contribution in [0.2, 0.25) is 0 Å². The lowest BCUT2D eigenvalue weighted by molar-refractivity contribution is -0.142. The van der Waals surface area contributed by atoms with Crippen LogP contribution in [0, 0.1) is 6.92 Å². The smallest absolute Gasteiger partial charge is 0.310 e. The summed E-state index contributed by atoms with van der Waals surface area (Å²) >= 11 is 0. The summed E-state index contributed by atoms with van der Waals surface area (Å²) in [6.45, 7) is 3.75. The standard InChI is InChI=1S/C13H15N3O4/c1-3-19-9(17)6-8-11(14)15-12(16-13(8)18)10-7(2)4-5-20-10/h4-5H,3,6H2,1-2H3,(H3,14,15,16,18). The zero-order valence-electron chi connectivity index (χ0n) is 11.2. The number of nitrogens with two attached hydrogens (primary N) is 1. The predicted molar refractivity (Wildman–Crippen MR) is 72.0 cm³/mol. The monoisotopic (exact) mass is 277 g/mol. The number of hydrogen-bond acceptors (Lipinski definition) is 6. The fourth-order valence-electron chi connectivity index (χ4n) is 1.77. The third-order valence-corrected chi connectivity index (χ3v) is 2.75. The van der Waals surface area contributed by atoms with Crippen LogP contribution in [0.15, 0.2) is 21.5 Å². The quantitative estimate of drug-likeness (QED) is 0.807. The fraction of sp³-hybridized carbons (Fsp3) is 0.308. The summed E-state index contributed by atoms with van der Waals surface area (Å²) in [7, 11) is 0. The van der Waals surface area contributed by atoms with Crippen molar-refractivity contribution in [1.82, 2.24) is 9.97 Å². The molecule has 2 aromatic heterocycles. The van der Waals surface area contributed by atoms with Crippen LogP contribution in [0.4, 0.5) is 5.82 Å². The number of hydrogen-bond donors (Lipinski definition) is 2. The molecule has 0 amide bonds. The van der Waals surface area contributed by atoms with Gasteiger partial charge in [-0.25, -0.2) is 4.98 Å². The number of aromatic nitrogens is 2. The van der Waals surface area contributed by atoms with Crippen LogP contribution in [0.5, 0.6) is 0 Å². The van der Waals surface area contributed by atoms with Crippen molar-refractivity contribution < 1.29 is 13.9 Å². The van der Waals surface area contributed by atoms with Gasteiger partial charge in [-0.1, -0.05) is 0 Å². The number of nitrogens with one attached hydrogen (secondary N) is 1. The maximum atomic E-state index is 12.0. The van der Waals surface area contributed by atoms with Crippen molar-refractivity contribution in [2.45, 2.75) is 20.3 Å². The number of furan rings is 1. The molecule has 7 nitrogen and oxygen atoms in total. The van der Waals surface area contributed by atoms with Crippen LogP contribution in [-0.4, -0.2) is 22.5 Å². The molecule has 0 aliphatic heterocycles. The van der Waals surface area contributed by atoms with Gasteiger partial charge in [-0.2, -0.15) is 0 Å². The molecule has 0 aliphatic rings. The average molecular weight is 277 g/mol. The van der Waals surface area contributed by atoms with Gasteiger partial charge in [0.25, 0.3) is 5.56 Å². The molecule has 0 atom stereocenters. The molecule has 106 valence electrons. The van der Waals surface area contributed by atoms with Crippen LogP contribution >= 0.6 is 0 Å². The number of nitrogen functional groups attached to an aromatic ring is 1. The zero-order valence-corrected chi connectivity index (χ0v) is 11.2. The Labute approximate surface area is 114 Å². The average Bonchev–Trinajstić information content (AvgIpc) is 2.80. The molecule has 0 unspecified atom stereocenters. The Bertz CT molecular complexity index is 687. The number of rotatable bonds is 4. The second-order valence-electron chi connectivity index (χ2n) is 4.19. The topological polar surface area (TPSA) is 111 Å².